The van der Waals surface area contributed by atoms with Crippen molar-refractivity contribution in [2.45, 2.75) is 13.1 Å². The fraction of sp³-hybridized carbons (Fsp3) is 0.158. The van der Waals surface area contributed by atoms with Crippen LogP contribution in [-0.2, 0) is 0 Å². The van der Waals surface area contributed by atoms with E-state index in [0.717, 1.165) is 0 Å². The average Bonchev–Trinajstić information content (AvgIpc) is 2.95. The topological polar surface area (TPSA) is 56.2 Å². The number of aryl methyl sites for hydroxylation is 1. The lowest BCUT2D eigenvalue weighted by atomic mass is 10.2. The minimum absolute atomic E-state index is 0.0127. The van der Waals surface area contributed by atoms with Gasteiger partial charge in [-0.15, -0.1) is 0 Å². The Labute approximate surface area is 167 Å². The SMILES string of the molecule is Cc1nn(-c2ccc(F)cc2)c(Cl)c1C(=O)Nc1ccc(OCC(F)(F)F)cc1. The van der Waals surface area contributed by atoms with Gasteiger partial charge in [0, 0.05) is 5.69 Å². The highest BCUT2D eigenvalue weighted by atomic mass is 35.5. The van der Waals surface area contributed by atoms with Crippen molar-refractivity contribution in [1.29, 1.82) is 0 Å². The summed E-state index contributed by atoms with van der Waals surface area (Å²) in [4.78, 5) is 12.6. The van der Waals surface area contributed by atoms with Crippen LogP contribution in [-0.4, -0.2) is 28.5 Å². The second-order valence-electron chi connectivity index (χ2n) is 6.02. The molecule has 0 aliphatic rings. The highest BCUT2D eigenvalue weighted by molar-refractivity contribution is 6.34. The predicted octanol–water partition coefficient (Wildman–Crippen LogP) is 5.17. The molecule has 152 valence electrons. The van der Waals surface area contributed by atoms with E-state index >= 15 is 0 Å². The first kappa shape index (κ1) is 20.7. The Hall–Kier alpha value is -3.07. The monoisotopic (exact) mass is 427 g/mol. The van der Waals surface area contributed by atoms with Gasteiger partial charge in [-0.25, -0.2) is 9.07 Å². The van der Waals surface area contributed by atoms with Crippen molar-refractivity contribution in [3.63, 3.8) is 0 Å². The van der Waals surface area contributed by atoms with E-state index in [4.69, 9.17) is 11.6 Å². The maximum atomic E-state index is 13.1. The molecule has 0 aliphatic carbocycles. The van der Waals surface area contributed by atoms with Crippen LogP contribution in [0.3, 0.4) is 0 Å². The zero-order valence-electron chi connectivity index (χ0n) is 14.9. The van der Waals surface area contributed by atoms with Crippen LogP contribution in [0.15, 0.2) is 48.5 Å². The second kappa shape index (κ2) is 8.12. The van der Waals surface area contributed by atoms with Crippen molar-refractivity contribution < 1.29 is 27.1 Å². The fourth-order valence-electron chi connectivity index (χ4n) is 2.50. The summed E-state index contributed by atoms with van der Waals surface area (Å²) >= 11 is 6.29. The normalized spacial score (nSPS) is 11.4. The van der Waals surface area contributed by atoms with Gasteiger partial charge >= 0.3 is 6.18 Å². The fourth-order valence-corrected chi connectivity index (χ4v) is 2.86. The number of ether oxygens (including phenoxy) is 1. The summed E-state index contributed by atoms with van der Waals surface area (Å²) in [5.74, 6) is -0.960. The van der Waals surface area contributed by atoms with Crippen LogP contribution in [0.25, 0.3) is 5.69 Å². The number of nitrogens with one attached hydrogen (secondary N) is 1. The molecule has 1 aromatic heterocycles. The molecule has 0 saturated heterocycles. The number of aromatic nitrogens is 2. The average molecular weight is 428 g/mol. The van der Waals surface area contributed by atoms with Gasteiger partial charge < -0.3 is 10.1 Å². The number of anilines is 1. The number of alkyl halides is 3. The first-order valence-electron chi connectivity index (χ1n) is 8.26. The summed E-state index contributed by atoms with van der Waals surface area (Å²) in [5, 5.41) is 6.85. The lowest BCUT2D eigenvalue weighted by Crippen LogP contribution is -2.19. The molecule has 0 aliphatic heterocycles. The Morgan fingerprint density at radius 3 is 2.34 bits per heavy atom. The van der Waals surface area contributed by atoms with Gasteiger partial charge in [-0.2, -0.15) is 18.3 Å². The van der Waals surface area contributed by atoms with Gasteiger partial charge in [-0.1, -0.05) is 11.6 Å². The van der Waals surface area contributed by atoms with Gasteiger partial charge in [0.05, 0.1) is 11.4 Å². The van der Waals surface area contributed by atoms with E-state index < -0.39 is 24.5 Å². The van der Waals surface area contributed by atoms with Gasteiger partial charge in [-0.05, 0) is 55.5 Å². The van der Waals surface area contributed by atoms with Crippen LogP contribution in [0.4, 0.5) is 23.2 Å². The van der Waals surface area contributed by atoms with Crippen LogP contribution in [0, 0.1) is 12.7 Å². The van der Waals surface area contributed by atoms with Crippen molar-refractivity contribution in [3.8, 4) is 11.4 Å². The summed E-state index contributed by atoms with van der Waals surface area (Å²) in [7, 11) is 0. The van der Waals surface area contributed by atoms with Crippen molar-refractivity contribution >= 4 is 23.2 Å². The first-order chi connectivity index (χ1) is 13.6. The third-order valence-corrected chi connectivity index (χ3v) is 4.17. The molecule has 1 amide bonds. The number of carbonyl (C=O) groups excluding carboxylic acids is 1. The number of amides is 1. The quantitative estimate of drug-likeness (QED) is 0.572. The van der Waals surface area contributed by atoms with Crippen molar-refractivity contribution in [2.24, 2.45) is 0 Å². The van der Waals surface area contributed by atoms with Gasteiger partial charge in [-0.3, -0.25) is 4.79 Å². The molecule has 3 rings (SSSR count). The molecule has 0 unspecified atom stereocenters. The minimum atomic E-state index is -4.44. The smallest absolute Gasteiger partial charge is 0.422 e. The van der Waals surface area contributed by atoms with Crippen molar-refractivity contribution in [2.75, 3.05) is 11.9 Å². The molecule has 1 heterocycles. The number of halogens is 5. The summed E-state index contributed by atoms with van der Waals surface area (Å²) in [6.45, 7) is 0.185. The van der Waals surface area contributed by atoms with E-state index in [1.807, 2.05) is 0 Å². The molecular weight excluding hydrogens is 414 g/mol. The lowest BCUT2D eigenvalue weighted by molar-refractivity contribution is -0.153. The van der Waals surface area contributed by atoms with Gasteiger partial charge in [0.15, 0.2) is 6.61 Å². The highest BCUT2D eigenvalue weighted by Crippen LogP contribution is 2.26. The van der Waals surface area contributed by atoms with Crippen LogP contribution in [0.2, 0.25) is 5.15 Å². The summed E-state index contributed by atoms with van der Waals surface area (Å²) in [5.41, 5.74) is 1.28. The molecule has 3 aromatic rings. The molecule has 0 bridgehead atoms. The standard InChI is InChI=1S/C19H14ClF4N3O2/c1-11-16(17(20)27(26-11)14-6-2-12(21)3-7-14)18(28)25-13-4-8-15(9-5-13)29-10-19(22,23)24/h2-9H,10H2,1H3,(H,25,28). The molecule has 0 fully saturated rings. The number of benzene rings is 2. The second-order valence-corrected chi connectivity index (χ2v) is 6.38. The minimum Gasteiger partial charge on any atom is -0.484 e. The van der Waals surface area contributed by atoms with E-state index in [-0.39, 0.29) is 16.5 Å². The summed E-state index contributed by atoms with van der Waals surface area (Å²) in [6.07, 6.45) is -4.44. The molecule has 2 aromatic carbocycles. The van der Waals surface area contributed by atoms with Crippen LogP contribution >= 0.6 is 11.6 Å². The molecule has 0 saturated carbocycles. The molecule has 10 heteroatoms. The van der Waals surface area contributed by atoms with E-state index in [9.17, 15) is 22.4 Å². The Balaban J connectivity index is 1.75. The van der Waals surface area contributed by atoms with Gasteiger partial charge in [0.2, 0.25) is 0 Å². The van der Waals surface area contributed by atoms with E-state index in [0.29, 0.717) is 17.1 Å². The summed E-state index contributed by atoms with van der Waals surface area (Å²) < 4.78 is 55.6. The summed E-state index contributed by atoms with van der Waals surface area (Å²) in [6, 6.07) is 10.8. The third-order valence-electron chi connectivity index (χ3n) is 3.82. The van der Waals surface area contributed by atoms with Crippen LogP contribution in [0.1, 0.15) is 16.1 Å². The van der Waals surface area contributed by atoms with Crippen molar-refractivity contribution in [3.05, 3.63) is 70.8 Å². The third kappa shape index (κ3) is 5.05. The number of nitrogens with zero attached hydrogens (tertiary/aromatic N) is 2. The molecular formula is C19H14ClF4N3O2. The Bertz CT molecular complexity index is 1020. The van der Waals surface area contributed by atoms with Crippen molar-refractivity contribution in [1.82, 2.24) is 9.78 Å². The van der Waals surface area contributed by atoms with Gasteiger partial charge in [0.25, 0.3) is 5.91 Å². The number of carbonyl (C=O) groups is 1. The number of hydrogen-bond acceptors (Lipinski definition) is 3. The van der Waals surface area contributed by atoms with E-state index in [1.54, 1.807) is 6.92 Å². The lowest BCUT2D eigenvalue weighted by Gasteiger charge is -2.10. The zero-order chi connectivity index (χ0) is 21.2. The maximum absolute atomic E-state index is 13.1. The Morgan fingerprint density at radius 2 is 1.76 bits per heavy atom. The van der Waals surface area contributed by atoms with E-state index in [2.05, 4.69) is 15.2 Å². The molecule has 0 radical (unpaired) electrons. The highest BCUT2D eigenvalue weighted by Gasteiger charge is 2.28. The molecule has 1 N–H and O–H groups in total. The van der Waals surface area contributed by atoms with Gasteiger partial charge in [0.1, 0.15) is 22.3 Å². The Morgan fingerprint density at radius 1 is 1.14 bits per heavy atom. The zero-order valence-corrected chi connectivity index (χ0v) is 15.7. The van der Waals surface area contributed by atoms with E-state index in [1.165, 1.54) is 53.2 Å². The number of rotatable bonds is 5. The molecule has 0 atom stereocenters. The maximum Gasteiger partial charge on any atom is 0.422 e. The van der Waals surface area contributed by atoms with Crippen LogP contribution in [0.5, 0.6) is 5.75 Å². The molecule has 5 nitrogen and oxygen atoms in total. The first-order valence-corrected chi connectivity index (χ1v) is 8.64. The molecule has 29 heavy (non-hydrogen) atoms. The van der Waals surface area contributed by atoms with Crippen LogP contribution < -0.4 is 10.1 Å². The molecule has 0 spiro atoms. The largest absolute Gasteiger partial charge is 0.484 e. The number of hydrogen-bond donors (Lipinski definition) is 1. The predicted molar refractivity (Wildman–Crippen MR) is 99.2 cm³/mol. The Kier molecular flexibility index (Phi) is 5.78.